The van der Waals surface area contributed by atoms with Gasteiger partial charge in [-0.15, -0.1) is 0 Å². The van der Waals surface area contributed by atoms with Crippen LogP contribution in [0, 0.1) is 0 Å². The van der Waals surface area contributed by atoms with E-state index in [9.17, 15) is 14.4 Å². The molecule has 1 N–H and O–H groups in total. The van der Waals surface area contributed by atoms with Gasteiger partial charge in [0.1, 0.15) is 6.61 Å². The summed E-state index contributed by atoms with van der Waals surface area (Å²) in [4.78, 5) is 42.3. The van der Waals surface area contributed by atoms with Crippen LogP contribution < -0.4 is 14.4 Å². The monoisotopic (exact) mass is 422 g/mol. The highest BCUT2D eigenvalue weighted by Gasteiger charge is 2.37. The summed E-state index contributed by atoms with van der Waals surface area (Å²) in [7, 11) is 0. The molecule has 0 saturated carbocycles. The molecule has 1 atom stereocenters. The summed E-state index contributed by atoms with van der Waals surface area (Å²) in [6.07, 6.45) is -0.630. The maximum atomic E-state index is 12.9. The van der Waals surface area contributed by atoms with E-state index in [0.717, 1.165) is 13.1 Å². The van der Waals surface area contributed by atoms with Gasteiger partial charge in [-0.3, -0.25) is 19.3 Å². The number of nitrogens with one attached hydrogen (secondary N) is 1. The molecular weight excluding hydrogens is 398 g/mol. The molecule has 0 spiro atoms. The second-order valence-corrected chi connectivity index (χ2v) is 8.00. The van der Waals surface area contributed by atoms with E-state index >= 15 is 0 Å². The summed E-state index contributed by atoms with van der Waals surface area (Å²) in [5, 5.41) is 0. The van der Waals surface area contributed by atoms with Crippen molar-refractivity contribution in [1.82, 2.24) is 9.80 Å². The topological polar surface area (TPSA) is 80.6 Å². The zero-order valence-electron chi connectivity index (χ0n) is 17.1. The Labute approximate surface area is 179 Å². The number of benzene rings is 2. The Balaban J connectivity index is 1.12. The minimum Gasteiger partial charge on any atom is -0.485 e. The summed E-state index contributed by atoms with van der Waals surface area (Å²) in [6, 6.07) is 14.3. The molecule has 3 aliphatic heterocycles. The molecule has 31 heavy (non-hydrogen) atoms. The highest BCUT2D eigenvalue weighted by Crippen LogP contribution is 2.31. The molecule has 5 rings (SSSR count). The Morgan fingerprint density at radius 3 is 2.23 bits per heavy atom. The van der Waals surface area contributed by atoms with Crippen LogP contribution >= 0.6 is 0 Å². The Kier molecular flexibility index (Phi) is 5.07. The van der Waals surface area contributed by atoms with Gasteiger partial charge in [0.25, 0.3) is 17.7 Å². The summed E-state index contributed by atoms with van der Waals surface area (Å²) in [5.41, 5.74) is 0.961. The number of piperazine rings is 1. The van der Waals surface area contributed by atoms with Crippen LogP contribution in [0.2, 0.25) is 0 Å². The lowest BCUT2D eigenvalue weighted by Gasteiger charge is -2.35. The first kappa shape index (κ1) is 19.6. The predicted molar refractivity (Wildman–Crippen MR) is 110 cm³/mol. The first-order chi connectivity index (χ1) is 15.1. The lowest BCUT2D eigenvalue weighted by molar-refractivity contribution is -0.903. The molecule has 0 aromatic heterocycles. The maximum Gasteiger partial charge on any atom is 0.267 e. The number of amides is 3. The van der Waals surface area contributed by atoms with Gasteiger partial charge in [0.15, 0.2) is 11.5 Å². The second-order valence-electron chi connectivity index (χ2n) is 8.00. The van der Waals surface area contributed by atoms with Crippen LogP contribution in [0.1, 0.15) is 20.7 Å². The average Bonchev–Trinajstić information content (AvgIpc) is 3.07. The van der Waals surface area contributed by atoms with Crippen molar-refractivity contribution in [2.45, 2.75) is 6.10 Å². The van der Waals surface area contributed by atoms with Gasteiger partial charge in [0.2, 0.25) is 6.10 Å². The number of para-hydroxylation sites is 2. The van der Waals surface area contributed by atoms with Crippen molar-refractivity contribution in [3.63, 3.8) is 0 Å². The van der Waals surface area contributed by atoms with Gasteiger partial charge in [-0.2, -0.15) is 0 Å². The van der Waals surface area contributed by atoms with Gasteiger partial charge < -0.3 is 19.3 Å². The molecule has 8 heteroatoms. The molecule has 1 fully saturated rings. The van der Waals surface area contributed by atoms with Crippen LogP contribution in [-0.2, 0) is 4.79 Å². The van der Waals surface area contributed by atoms with Gasteiger partial charge in [-0.1, -0.05) is 24.3 Å². The fraction of sp³-hybridized carbons (Fsp3) is 0.348. The minimum absolute atomic E-state index is 0.0612. The van der Waals surface area contributed by atoms with Gasteiger partial charge in [-0.05, 0) is 24.3 Å². The summed E-state index contributed by atoms with van der Waals surface area (Å²) in [5.74, 6) is 0.757. The number of ether oxygens (including phenoxy) is 2. The highest BCUT2D eigenvalue weighted by atomic mass is 16.6. The smallest absolute Gasteiger partial charge is 0.267 e. The number of fused-ring (bicyclic) bond motifs is 2. The third-order valence-corrected chi connectivity index (χ3v) is 6.13. The first-order valence-corrected chi connectivity index (χ1v) is 10.6. The van der Waals surface area contributed by atoms with Crippen molar-refractivity contribution < 1.29 is 28.8 Å². The predicted octanol–water partition coefficient (Wildman–Crippen LogP) is -0.150. The van der Waals surface area contributed by atoms with Gasteiger partial charge in [0, 0.05) is 0 Å². The molecule has 160 valence electrons. The number of rotatable bonds is 4. The highest BCUT2D eigenvalue weighted by molar-refractivity contribution is 6.21. The zero-order chi connectivity index (χ0) is 21.4. The minimum atomic E-state index is -0.630. The van der Waals surface area contributed by atoms with E-state index in [4.69, 9.17) is 9.47 Å². The fourth-order valence-electron chi connectivity index (χ4n) is 4.35. The number of nitrogens with zero attached hydrogens (tertiary/aromatic N) is 2. The van der Waals surface area contributed by atoms with E-state index in [1.807, 2.05) is 23.1 Å². The van der Waals surface area contributed by atoms with Crippen LogP contribution in [0.15, 0.2) is 48.5 Å². The number of imide groups is 1. The SMILES string of the molecule is O=C([C@H]1COc2ccccc2O1)N1CC[NH+](CCN2C(=O)c3ccccc3C2=O)CC1. The summed E-state index contributed by atoms with van der Waals surface area (Å²) >= 11 is 0. The fourth-order valence-corrected chi connectivity index (χ4v) is 4.35. The van der Waals surface area contributed by atoms with E-state index in [1.54, 1.807) is 30.3 Å². The Hall–Kier alpha value is -3.39. The van der Waals surface area contributed by atoms with E-state index < -0.39 is 6.10 Å². The van der Waals surface area contributed by atoms with Gasteiger partial charge >= 0.3 is 0 Å². The third kappa shape index (κ3) is 3.63. The molecule has 0 unspecified atom stereocenters. The second kappa shape index (κ2) is 8.03. The van der Waals surface area contributed by atoms with Crippen molar-refractivity contribution in [1.29, 1.82) is 0 Å². The van der Waals surface area contributed by atoms with Gasteiger partial charge in [-0.25, -0.2) is 0 Å². The third-order valence-electron chi connectivity index (χ3n) is 6.13. The van der Waals surface area contributed by atoms with Crippen LogP contribution in [0.4, 0.5) is 0 Å². The first-order valence-electron chi connectivity index (χ1n) is 10.6. The lowest BCUT2D eigenvalue weighted by Crippen LogP contribution is -3.15. The molecule has 2 aromatic carbocycles. The molecule has 0 radical (unpaired) electrons. The van der Waals surface area contributed by atoms with Crippen molar-refractivity contribution in [2.75, 3.05) is 45.9 Å². The van der Waals surface area contributed by atoms with E-state index in [0.29, 0.717) is 48.8 Å². The largest absolute Gasteiger partial charge is 0.485 e. The molecule has 0 aliphatic carbocycles. The summed E-state index contributed by atoms with van der Waals surface area (Å²) < 4.78 is 11.5. The Morgan fingerprint density at radius 2 is 1.55 bits per heavy atom. The molecule has 3 aliphatic rings. The molecule has 1 saturated heterocycles. The van der Waals surface area contributed by atoms with Crippen molar-refractivity contribution >= 4 is 17.7 Å². The van der Waals surface area contributed by atoms with Crippen molar-refractivity contribution in [2.24, 2.45) is 0 Å². The number of quaternary nitrogens is 1. The molecule has 3 heterocycles. The zero-order valence-corrected chi connectivity index (χ0v) is 17.1. The van der Waals surface area contributed by atoms with Crippen molar-refractivity contribution in [3.8, 4) is 11.5 Å². The van der Waals surface area contributed by atoms with Crippen LogP contribution in [-0.4, -0.2) is 79.5 Å². The molecule has 0 bridgehead atoms. The van der Waals surface area contributed by atoms with E-state index in [2.05, 4.69) is 0 Å². The molecule has 8 nitrogen and oxygen atoms in total. The number of hydrogen-bond acceptors (Lipinski definition) is 5. The Bertz CT molecular complexity index is 996. The van der Waals surface area contributed by atoms with Crippen LogP contribution in [0.3, 0.4) is 0 Å². The maximum absolute atomic E-state index is 12.9. The van der Waals surface area contributed by atoms with Gasteiger partial charge in [0.05, 0.1) is 50.4 Å². The number of carbonyl (C=O) groups excluding carboxylic acids is 3. The van der Waals surface area contributed by atoms with E-state index in [-0.39, 0.29) is 24.3 Å². The van der Waals surface area contributed by atoms with Crippen LogP contribution in [0.5, 0.6) is 11.5 Å². The normalized spacial score (nSPS) is 20.7. The number of carbonyl (C=O) groups is 3. The van der Waals surface area contributed by atoms with Crippen LogP contribution in [0.25, 0.3) is 0 Å². The van der Waals surface area contributed by atoms with Crippen molar-refractivity contribution in [3.05, 3.63) is 59.7 Å². The van der Waals surface area contributed by atoms with E-state index in [1.165, 1.54) is 9.80 Å². The molecule has 2 aromatic rings. The average molecular weight is 422 g/mol. The Morgan fingerprint density at radius 1 is 0.935 bits per heavy atom. The molecular formula is C23H24N3O5+. The summed E-state index contributed by atoms with van der Waals surface area (Å²) in [6.45, 7) is 4.01. The number of hydrogen-bond donors (Lipinski definition) is 1. The quantitative estimate of drug-likeness (QED) is 0.694. The standard InChI is InChI=1S/C23H23N3O5/c27-21-16-5-1-2-6-17(16)22(28)26(21)14-11-24-9-12-25(13-10-24)23(29)20-15-30-18-7-3-4-8-19(18)31-20/h1-8,20H,9-15H2/p+1/t20-/m1/s1. The molecule has 3 amide bonds. The lowest BCUT2D eigenvalue weighted by atomic mass is 10.1.